The fourth-order valence-corrected chi connectivity index (χ4v) is 3.53. The number of carbonyl (C=O) groups is 1. The highest BCUT2D eigenvalue weighted by Crippen LogP contribution is 2.31. The molecule has 0 bridgehead atoms. The number of likely N-dealkylation sites (tertiary alicyclic amines) is 1. The van der Waals surface area contributed by atoms with E-state index in [1.54, 1.807) is 0 Å². The molecule has 1 aromatic carbocycles. The highest BCUT2D eigenvalue weighted by Gasteiger charge is 2.36. The maximum atomic E-state index is 13.0. The van der Waals surface area contributed by atoms with Crippen molar-refractivity contribution < 1.29 is 9.53 Å². The monoisotopic (exact) mass is 324 g/mol. The number of amides is 1. The van der Waals surface area contributed by atoms with Gasteiger partial charge in [0.1, 0.15) is 0 Å². The van der Waals surface area contributed by atoms with E-state index in [0.717, 1.165) is 37.8 Å². The van der Waals surface area contributed by atoms with Crippen molar-refractivity contribution in [1.29, 1.82) is 0 Å². The zero-order valence-corrected chi connectivity index (χ0v) is 13.8. The van der Waals surface area contributed by atoms with Gasteiger partial charge in [0.05, 0.1) is 6.61 Å². The van der Waals surface area contributed by atoms with Crippen LogP contribution in [0.25, 0.3) is 0 Å². The van der Waals surface area contributed by atoms with Gasteiger partial charge in [0.15, 0.2) is 6.10 Å². The molecule has 3 rings (SSSR count). The summed E-state index contributed by atoms with van der Waals surface area (Å²) >= 11 is 0. The van der Waals surface area contributed by atoms with Gasteiger partial charge in [0.2, 0.25) is 0 Å². The molecular weight excluding hydrogens is 300 g/mol. The lowest BCUT2D eigenvalue weighted by molar-refractivity contribution is -0.149. The van der Waals surface area contributed by atoms with Crippen LogP contribution in [0.2, 0.25) is 0 Å². The molecule has 2 N–H and O–H groups in total. The Kier molecular flexibility index (Phi) is 5.84. The Labute approximate surface area is 138 Å². The largest absolute Gasteiger partial charge is 0.363 e. The first-order chi connectivity index (χ1) is 10.2. The van der Waals surface area contributed by atoms with Crippen LogP contribution in [-0.2, 0) is 16.0 Å². The van der Waals surface area contributed by atoms with Crippen molar-refractivity contribution >= 4 is 18.3 Å². The number of nitrogens with two attached hydrogens (primary N) is 1. The number of halogens is 1. The van der Waals surface area contributed by atoms with Gasteiger partial charge in [-0.25, -0.2) is 0 Å². The van der Waals surface area contributed by atoms with Crippen molar-refractivity contribution in [3.8, 4) is 0 Å². The van der Waals surface area contributed by atoms with E-state index in [0.29, 0.717) is 6.61 Å². The molecule has 0 saturated carbocycles. The molecular formula is C17H25ClN2O2. The standard InChI is InChI=1S/C17H24N2O2.ClH/c1-12(18)15-8-4-5-10-19(15)17(20)16-14-7-3-2-6-13(14)9-11-21-16;/h2-3,6-7,12,15-16H,4-5,8-11,18H2,1H3;1H. The smallest absolute Gasteiger partial charge is 0.256 e. The first kappa shape index (κ1) is 17.3. The average Bonchev–Trinajstić information content (AvgIpc) is 2.53. The van der Waals surface area contributed by atoms with E-state index in [9.17, 15) is 4.79 Å². The number of fused-ring (bicyclic) bond motifs is 1. The quantitative estimate of drug-likeness (QED) is 0.909. The molecule has 2 heterocycles. The lowest BCUT2D eigenvalue weighted by atomic mass is 9.93. The lowest BCUT2D eigenvalue weighted by Gasteiger charge is -2.40. The van der Waals surface area contributed by atoms with Crippen LogP contribution in [0.15, 0.2) is 24.3 Å². The molecule has 1 fully saturated rings. The van der Waals surface area contributed by atoms with Gasteiger partial charge in [0.25, 0.3) is 5.91 Å². The van der Waals surface area contributed by atoms with E-state index in [2.05, 4.69) is 6.07 Å². The molecule has 0 aromatic heterocycles. The zero-order chi connectivity index (χ0) is 14.8. The zero-order valence-electron chi connectivity index (χ0n) is 13.0. The van der Waals surface area contributed by atoms with Crippen molar-refractivity contribution in [3.63, 3.8) is 0 Å². The molecule has 0 radical (unpaired) electrons. The highest BCUT2D eigenvalue weighted by molar-refractivity contribution is 5.85. The molecule has 3 atom stereocenters. The minimum atomic E-state index is -0.450. The molecule has 1 saturated heterocycles. The van der Waals surface area contributed by atoms with Crippen molar-refractivity contribution in [2.75, 3.05) is 13.2 Å². The normalized spacial score (nSPS) is 25.8. The Morgan fingerprint density at radius 1 is 1.36 bits per heavy atom. The van der Waals surface area contributed by atoms with Crippen molar-refractivity contribution in [1.82, 2.24) is 4.90 Å². The van der Waals surface area contributed by atoms with Crippen LogP contribution in [0.3, 0.4) is 0 Å². The SMILES string of the molecule is CC(N)C1CCCCN1C(=O)C1OCCc2ccccc21.Cl. The minimum absolute atomic E-state index is 0. The second kappa shape index (κ2) is 7.44. The first-order valence-electron chi connectivity index (χ1n) is 7.94. The van der Waals surface area contributed by atoms with Crippen LogP contribution in [-0.4, -0.2) is 36.0 Å². The predicted molar refractivity (Wildman–Crippen MR) is 89.1 cm³/mol. The summed E-state index contributed by atoms with van der Waals surface area (Å²) in [5.41, 5.74) is 8.35. The third-order valence-electron chi connectivity index (χ3n) is 4.66. The summed E-state index contributed by atoms with van der Waals surface area (Å²) in [6.07, 6.45) is 3.64. The molecule has 0 spiro atoms. The molecule has 5 heteroatoms. The molecule has 122 valence electrons. The summed E-state index contributed by atoms with van der Waals surface area (Å²) in [4.78, 5) is 14.9. The van der Waals surface area contributed by atoms with Crippen molar-refractivity contribution in [2.24, 2.45) is 5.73 Å². The van der Waals surface area contributed by atoms with E-state index < -0.39 is 6.10 Å². The number of piperidine rings is 1. The molecule has 3 unspecified atom stereocenters. The Hall–Kier alpha value is -1.10. The van der Waals surface area contributed by atoms with Crippen LogP contribution in [0.5, 0.6) is 0 Å². The van der Waals surface area contributed by atoms with Crippen molar-refractivity contribution in [3.05, 3.63) is 35.4 Å². The summed E-state index contributed by atoms with van der Waals surface area (Å²) in [5.74, 6) is 0.0872. The van der Waals surface area contributed by atoms with Gasteiger partial charge in [-0.05, 0) is 43.7 Å². The summed E-state index contributed by atoms with van der Waals surface area (Å²) in [7, 11) is 0. The van der Waals surface area contributed by atoms with E-state index in [1.165, 1.54) is 5.56 Å². The highest BCUT2D eigenvalue weighted by atomic mass is 35.5. The van der Waals surface area contributed by atoms with Gasteiger partial charge in [-0.2, -0.15) is 0 Å². The van der Waals surface area contributed by atoms with E-state index >= 15 is 0 Å². The lowest BCUT2D eigenvalue weighted by Crippen LogP contribution is -2.53. The number of rotatable bonds is 2. The topological polar surface area (TPSA) is 55.6 Å². The van der Waals surface area contributed by atoms with Gasteiger partial charge in [-0.15, -0.1) is 12.4 Å². The molecule has 0 aliphatic carbocycles. The number of hydrogen-bond acceptors (Lipinski definition) is 3. The number of nitrogens with zero attached hydrogens (tertiary/aromatic N) is 1. The van der Waals surface area contributed by atoms with E-state index in [-0.39, 0.29) is 30.4 Å². The van der Waals surface area contributed by atoms with Crippen LogP contribution >= 0.6 is 12.4 Å². The number of carbonyl (C=O) groups excluding carboxylic acids is 1. The van der Waals surface area contributed by atoms with Crippen LogP contribution in [0.1, 0.15) is 43.4 Å². The third kappa shape index (κ3) is 3.29. The second-order valence-electron chi connectivity index (χ2n) is 6.15. The number of benzene rings is 1. The minimum Gasteiger partial charge on any atom is -0.363 e. The van der Waals surface area contributed by atoms with E-state index in [1.807, 2.05) is 30.0 Å². The number of ether oxygens (including phenoxy) is 1. The fourth-order valence-electron chi connectivity index (χ4n) is 3.53. The molecule has 2 aliphatic rings. The van der Waals surface area contributed by atoms with Crippen LogP contribution < -0.4 is 5.73 Å². The average molecular weight is 325 g/mol. The molecule has 4 nitrogen and oxygen atoms in total. The third-order valence-corrected chi connectivity index (χ3v) is 4.66. The summed E-state index contributed by atoms with van der Waals surface area (Å²) in [6, 6.07) is 8.26. The molecule has 2 aliphatic heterocycles. The Balaban J connectivity index is 0.00000176. The molecule has 1 amide bonds. The number of hydrogen-bond donors (Lipinski definition) is 1. The maximum absolute atomic E-state index is 13.0. The van der Waals surface area contributed by atoms with Crippen LogP contribution in [0.4, 0.5) is 0 Å². The van der Waals surface area contributed by atoms with Gasteiger partial charge in [0, 0.05) is 18.6 Å². The Morgan fingerprint density at radius 3 is 2.91 bits per heavy atom. The van der Waals surface area contributed by atoms with Gasteiger partial charge >= 0.3 is 0 Å². The summed E-state index contributed by atoms with van der Waals surface area (Å²) in [5, 5.41) is 0. The van der Waals surface area contributed by atoms with E-state index in [4.69, 9.17) is 10.5 Å². The first-order valence-corrected chi connectivity index (χ1v) is 7.94. The molecule has 22 heavy (non-hydrogen) atoms. The predicted octanol–water partition coefficient (Wildman–Crippen LogP) is 2.45. The fraction of sp³-hybridized carbons (Fsp3) is 0.588. The Bertz CT molecular complexity index is 521. The van der Waals surface area contributed by atoms with Crippen molar-refractivity contribution in [2.45, 2.75) is 50.8 Å². The Morgan fingerprint density at radius 2 is 2.14 bits per heavy atom. The van der Waals surface area contributed by atoms with Gasteiger partial charge in [-0.3, -0.25) is 4.79 Å². The van der Waals surface area contributed by atoms with Crippen LogP contribution in [0, 0.1) is 0 Å². The van der Waals surface area contributed by atoms with Gasteiger partial charge in [-0.1, -0.05) is 24.3 Å². The summed E-state index contributed by atoms with van der Waals surface area (Å²) in [6.45, 7) is 3.41. The van der Waals surface area contributed by atoms with Gasteiger partial charge < -0.3 is 15.4 Å². The maximum Gasteiger partial charge on any atom is 0.256 e. The molecule has 1 aromatic rings. The summed E-state index contributed by atoms with van der Waals surface area (Å²) < 4.78 is 5.82. The second-order valence-corrected chi connectivity index (χ2v) is 6.15.